The zero-order chi connectivity index (χ0) is 43.8. The van der Waals surface area contributed by atoms with Gasteiger partial charge in [-0.2, -0.15) is 8.78 Å². The second-order valence-corrected chi connectivity index (χ2v) is 20.0. The first-order valence-corrected chi connectivity index (χ1v) is 23.1. The number of carbonyl (C=O) groups excluding carboxylic acids is 1. The van der Waals surface area contributed by atoms with Crippen LogP contribution < -0.4 is 14.8 Å². The first-order chi connectivity index (χ1) is 30.2. The minimum atomic E-state index is -3.76. The third kappa shape index (κ3) is 7.70. The quantitative estimate of drug-likeness (QED) is 0.109. The van der Waals surface area contributed by atoms with Crippen molar-refractivity contribution in [1.29, 1.82) is 0 Å². The van der Waals surface area contributed by atoms with Crippen LogP contribution in [0.1, 0.15) is 72.9 Å². The number of aromatic nitrogens is 3. The molecule has 0 radical (unpaired) electrons. The summed E-state index contributed by atoms with van der Waals surface area (Å²) in [6, 6.07) is 17.6. The summed E-state index contributed by atoms with van der Waals surface area (Å²) in [5, 5.41) is 14.5. The summed E-state index contributed by atoms with van der Waals surface area (Å²) >= 11 is 0. The number of β-amino-alcohol motifs (C(OH)–C–C–N with tert-alkyl or cyclic N) is 1. The van der Waals surface area contributed by atoms with E-state index >= 15 is 0 Å². The summed E-state index contributed by atoms with van der Waals surface area (Å²) < 4.78 is 66.7. The van der Waals surface area contributed by atoms with Gasteiger partial charge in [0.25, 0.3) is 0 Å². The molecule has 0 bridgehead atoms. The molecule has 3 aromatic heterocycles. The number of alkyl halides is 2. The van der Waals surface area contributed by atoms with Crippen LogP contribution in [-0.4, -0.2) is 87.8 Å². The Kier molecular flexibility index (Phi) is 10.5. The van der Waals surface area contributed by atoms with Crippen LogP contribution in [0.2, 0.25) is 0 Å². The summed E-state index contributed by atoms with van der Waals surface area (Å²) in [7, 11) is -3.76. The van der Waals surface area contributed by atoms with E-state index in [-0.39, 0.29) is 29.4 Å². The first-order valence-electron chi connectivity index (χ1n) is 21.6. The summed E-state index contributed by atoms with van der Waals surface area (Å²) in [6.07, 6.45) is 6.77. The molecule has 2 aliphatic heterocycles. The number of fused-ring (bicyclic) bond motifs is 3. The molecule has 2 aliphatic carbocycles. The largest absolute Gasteiger partial charge is 0.432 e. The number of nitrogens with one attached hydrogen (secondary N) is 2. The van der Waals surface area contributed by atoms with E-state index in [0.717, 1.165) is 69.5 Å². The van der Waals surface area contributed by atoms with Gasteiger partial charge in [0.1, 0.15) is 11.0 Å². The van der Waals surface area contributed by atoms with Crippen LogP contribution in [0.5, 0.6) is 5.75 Å². The van der Waals surface area contributed by atoms with Gasteiger partial charge < -0.3 is 19.6 Å². The summed E-state index contributed by atoms with van der Waals surface area (Å²) in [6.45, 7) is 5.73. The molecule has 1 saturated carbocycles. The molecule has 0 spiro atoms. The monoisotopic (exact) mass is 877 g/mol. The number of oxazole rings is 1. The van der Waals surface area contributed by atoms with Crippen molar-refractivity contribution in [2.24, 2.45) is 5.92 Å². The van der Waals surface area contributed by atoms with Crippen LogP contribution >= 0.6 is 0 Å². The molecule has 1 amide bonds. The zero-order valence-corrected chi connectivity index (χ0v) is 36.1. The molecular weight excluding hydrogens is 829 g/mol. The number of carbonyl (C=O) groups is 1. The molecule has 13 nitrogen and oxygen atoms in total. The fourth-order valence-electron chi connectivity index (χ4n) is 9.71. The number of hydrogen-bond donors (Lipinski definition) is 3. The number of ether oxygens (including phenoxy) is 1. The lowest BCUT2D eigenvalue weighted by atomic mass is 9.93. The van der Waals surface area contributed by atoms with Crippen LogP contribution in [0.4, 0.5) is 20.3 Å². The Bertz CT molecular complexity index is 2900. The van der Waals surface area contributed by atoms with Crippen molar-refractivity contribution in [3.63, 3.8) is 0 Å². The predicted octanol–water partition coefficient (Wildman–Crippen LogP) is 7.94. The lowest BCUT2D eigenvalue weighted by molar-refractivity contribution is -0.122. The van der Waals surface area contributed by atoms with Gasteiger partial charge in [-0.25, -0.2) is 18.4 Å². The highest BCUT2D eigenvalue weighted by atomic mass is 32.2. The molecule has 5 heterocycles. The van der Waals surface area contributed by atoms with Crippen molar-refractivity contribution in [1.82, 2.24) is 29.5 Å². The second-order valence-electron chi connectivity index (χ2n) is 17.8. The Morgan fingerprint density at radius 2 is 1.78 bits per heavy atom. The molecule has 0 unspecified atom stereocenters. The van der Waals surface area contributed by atoms with Crippen LogP contribution in [0.25, 0.3) is 44.6 Å². The highest BCUT2D eigenvalue weighted by molar-refractivity contribution is 7.91. The van der Waals surface area contributed by atoms with E-state index in [2.05, 4.69) is 30.9 Å². The van der Waals surface area contributed by atoms with E-state index in [1.807, 2.05) is 68.6 Å². The molecule has 3 atom stereocenters. The van der Waals surface area contributed by atoms with Crippen molar-refractivity contribution in [2.45, 2.75) is 89.3 Å². The third-order valence-corrected chi connectivity index (χ3v) is 15.8. The number of anilines is 2. The van der Waals surface area contributed by atoms with Crippen LogP contribution in [0.15, 0.2) is 71.4 Å². The Balaban J connectivity index is 0.920. The van der Waals surface area contributed by atoms with Gasteiger partial charge in [0.2, 0.25) is 21.8 Å². The molecule has 6 aromatic rings. The predicted molar refractivity (Wildman–Crippen MR) is 235 cm³/mol. The zero-order valence-electron chi connectivity index (χ0n) is 35.3. The lowest BCUT2D eigenvalue weighted by Crippen LogP contribution is -2.42. The van der Waals surface area contributed by atoms with Gasteiger partial charge in [0, 0.05) is 66.8 Å². The molecule has 328 valence electrons. The topological polar surface area (TPSA) is 163 Å². The van der Waals surface area contributed by atoms with Crippen molar-refractivity contribution in [2.75, 3.05) is 31.5 Å². The maximum Gasteiger partial charge on any atom is 0.387 e. The number of nitrogens with zero attached hydrogens (tertiary/aromatic N) is 5. The summed E-state index contributed by atoms with van der Waals surface area (Å²) in [5.74, 6) is -0.137. The van der Waals surface area contributed by atoms with Crippen molar-refractivity contribution in [3.8, 4) is 28.3 Å². The molecule has 16 heteroatoms. The van der Waals surface area contributed by atoms with E-state index in [9.17, 15) is 27.1 Å². The van der Waals surface area contributed by atoms with Gasteiger partial charge in [-0.15, -0.1) is 0 Å². The van der Waals surface area contributed by atoms with Crippen LogP contribution in [-0.2, 0) is 27.8 Å². The van der Waals surface area contributed by atoms with E-state index in [1.54, 1.807) is 13.1 Å². The Hall–Kier alpha value is -5.55. The van der Waals surface area contributed by atoms with Gasteiger partial charge in [0.05, 0.1) is 16.8 Å². The van der Waals surface area contributed by atoms with Gasteiger partial charge in [-0.1, -0.05) is 24.3 Å². The molecule has 3 N–H and O–H groups in total. The minimum absolute atomic E-state index is 0.0290. The second kappa shape index (κ2) is 15.9. The molecule has 2 saturated heterocycles. The first kappa shape index (κ1) is 41.5. The lowest BCUT2D eigenvalue weighted by Gasteiger charge is -2.25. The number of likely N-dealkylation sites (tertiary alicyclic amines) is 2. The van der Waals surface area contributed by atoms with E-state index in [1.165, 1.54) is 0 Å². The van der Waals surface area contributed by atoms with E-state index in [0.29, 0.717) is 74.2 Å². The SMILES string of the molecule is Cc1c(Nc2nccc3cc(CN4CC[C@@H](O)C4)cnc23)cccc1-c1cccc(-c2nc3cc4c(c(OC(F)F)c3o2)CC[C@H]4N2CC[C@@H](C(=O)NS(=O)(=O)C3(C)CC3)C2)c1C. The van der Waals surface area contributed by atoms with Gasteiger partial charge >= 0.3 is 6.61 Å². The van der Waals surface area contributed by atoms with Gasteiger partial charge in [-0.3, -0.25) is 24.3 Å². The normalized spacial score (nSPS) is 21.1. The number of aliphatic hydroxyl groups excluding tert-OH is 1. The van der Waals surface area contributed by atoms with Crippen molar-refractivity contribution in [3.05, 3.63) is 94.8 Å². The molecule has 63 heavy (non-hydrogen) atoms. The van der Waals surface area contributed by atoms with Crippen LogP contribution in [0.3, 0.4) is 0 Å². The van der Waals surface area contributed by atoms with Crippen LogP contribution in [0, 0.1) is 19.8 Å². The summed E-state index contributed by atoms with van der Waals surface area (Å²) in [5.41, 5.74) is 9.10. The Labute approximate surface area is 363 Å². The summed E-state index contributed by atoms with van der Waals surface area (Å²) in [4.78, 5) is 31.8. The molecule has 10 rings (SSSR count). The smallest absolute Gasteiger partial charge is 0.387 e. The standard InChI is InChI=1S/C47H49F2N7O6S/c1-26-32(33-7-5-9-37(27(33)2)52-43-40-29(12-17-50-43)20-28(22-51-40)23-55-18-14-31(57)25-55)6-4-8-34(26)45-53-38-21-36-35(41(42(38)61-45)62-46(48)49)10-11-39(36)56-19-13-30(24-56)44(58)54-63(59,60)47(3)15-16-47/h4-9,12,17,20-22,30-31,39,46,57H,10-11,13-16,18-19,23-25H2,1-3H3,(H,50,52)(H,54,58)/t30-,31-,39-/m1/s1. The highest BCUT2D eigenvalue weighted by Crippen LogP contribution is 2.48. The number of hydrogen-bond acceptors (Lipinski definition) is 12. The number of halogens is 2. The average molecular weight is 878 g/mol. The third-order valence-electron chi connectivity index (χ3n) is 13.6. The number of rotatable bonds is 12. The van der Waals surface area contributed by atoms with Crippen molar-refractivity contribution >= 4 is 49.4 Å². The Morgan fingerprint density at radius 3 is 2.54 bits per heavy atom. The molecule has 3 aromatic carbocycles. The van der Waals surface area contributed by atoms with Gasteiger partial charge in [0.15, 0.2) is 17.2 Å². The highest BCUT2D eigenvalue weighted by Gasteiger charge is 2.51. The average Bonchev–Trinajstić information content (AvgIpc) is 3.71. The van der Waals surface area contributed by atoms with E-state index < -0.39 is 33.2 Å². The number of amides is 1. The number of benzene rings is 3. The fourth-order valence-corrected chi connectivity index (χ4v) is 11.0. The number of aliphatic hydroxyl groups is 1. The van der Waals surface area contributed by atoms with Crippen molar-refractivity contribution < 1.29 is 36.3 Å². The fraction of sp³-hybridized carbons (Fsp3) is 0.404. The minimum Gasteiger partial charge on any atom is -0.432 e. The maximum absolute atomic E-state index is 14.1. The Morgan fingerprint density at radius 1 is 1.00 bits per heavy atom. The molecule has 3 fully saturated rings. The maximum atomic E-state index is 14.1. The molecule has 4 aliphatic rings. The van der Waals surface area contributed by atoms with E-state index in [4.69, 9.17) is 19.1 Å². The number of sulfonamides is 1. The van der Waals surface area contributed by atoms with Gasteiger partial charge in [-0.05, 0) is 130 Å². The number of pyridine rings is 2. The molecular formula is C47H49F2N7O6S.